The summed E-state index contributed by atoms with van der Waals surface area (Å²) >= 11 is 0. The fourth-order valence-electron chi connectivity index (χ4n) is 3.98. The van der Waals surface area contributed by atoms with Crippen molar-refractivity contribution in [3.05, 3.63) is 106 Å². The van der Waals surface area contributed by atoms with Gasteiger partial charge in [0.25, 0.3) is 11.5 Å². The smallest absolute Gasteiger partial charge is 0.260 e. The quantitative estimate of drug-likeness (QED) is 0.318. The maximum Gasteiger partial charge on any atom is 0.260 e. The first-order chi connectivity index (χ1) is 18.3. The Kier molecular flexibility index (Phi) is 8.37. The van der Waals surface area contributed by atoms with Crippen LogP contribution in [0.3, 0.4) is 0 Å². The van der Waals surface area contributed by atoms with E-state index in [1.165, 1.54) is 17.7 Å². The van der Waals surface area contributed by atoms with Gasteiger partial charge in [-0.05, 0) is 56.7 Å². The van der Waals surface area contributed by atoms with Crippen molar-refractivity contribution in [2.24, 2.45) is 0 Å². The first-order valence-electron chi connectivity index (χ1n) is 12.3. The minimum absolute atomic E-state index is 0.0841. The van der Waals surface area contributed by atoms with Gasteiger partial charge in [-0.1, -0.05) is 24.3 Å². The van der Waals surface area contributed by atoms with Gasteiger partial charge in [0.15, 0.2) is 0 Å². The van der Waals surface area contributed by atoms with Crippen LogP contribution in [0.2, 0.25) is 0 Å². The molecular formula is C29H31N5O4. The number of aromatic nitrogens is 3. The van der Waals surface area contributed by atoms with Crippen LogP contribution in [0.4, 0.5) is 11.5 Å². The molecular weight excluding hydrogens is 482 g/mol. The maximum absolute atomic E-state index is 13.5. The van der Waals surface area contributed by atoms with Gasteiger partial charge in [0.2, 0.25) is 5.88 Å². The highest BCUT2D eigenvalue weighted by Gasteiger charge is 2.20. The van der Waals surface area contributed by atoms with E-state index in [-0.39, 0.29) is 24.1 Å². The number of carbonyl (C=O) groups is 1. The Morgan fingerprint density at radius 1 is 1.05 bits per heavy atom. The SMILES string of the molecule is COc1cccc(Cn2c(C)c(C(=O)Nc3ccccn3)c(NCc3ccc(OC(C)C)cc3)cc2=O)n1. The number of hydrogen-bond donors (Lipinski definition) is 2. The number of benzene rings is 1. The Balaban J connectivity index is 1.66. The molecule has 4 aromatic rings. The van der Waals surface area contributed by atoms with E-state index in [1.54, 1.807) is 43.5 Å². The molecule has 3 heterocycles. The van der Waals surface area contributed by atoms with E-state index < -0.39 is 0 Å². The number of amides is 1. The first-order valence-corrected chi connectivity index (χ1v) is 12.3. The molecule has 1 aromatic carbocycles. The van der Waals surface area contributed by atoms with Gasteiger partial charge in [0, 0.05) is 30.6 Å². The fraction of sp³-hybridized carbons (Fsp3) is 0.241. The van der Waals surface area contributed by atoms with Gasteiger partial charge in [0.05, 0.1) is 36.7 Å². The minimum atomic E-state index is -0.378. The molecule has 0 saturated heterocycles. The summed E-state index contributed by atoms with van der Waals surface area (Å²) in [6, 6.07) is 19.7. The Bertz CT molecular complexity index is 1450. The Labute approximate surface area is 221 Å². The summed E-state index contributed by atoms with van der Waals surface area (Å²) in [4.78, 5) is 35.3. The number of ether oxygens (including phenoxy) is 2. The largest absolute Gasteiger partial charge is 0.491 e. The van der Waals surface area contributed by atoms with Crippen LogP contribution in [-0.2, 0) is 13.1 Å². The molecule has 0 saturated carbocycles. The zero-order valence-electron chi connectivity index (χ0n) is 21.9. The van der Waals surface area contributed by atoms with Crippen LogP contribution in [-0.4, -0.2) is 33.7 Å². The second-order valence-corrected chi connectivity index (χ2v) is 8.95. The summed E-state index contributed by atoms with van der Waals surface area (Å²) in [5.41, 5.74) is 2.62. The van der Waals surface area contributed by atoms with Crippen LogP contribution >= 0.6 is 0 Å². The van der Waals surface area contributed by atoms with Gasteiger partial charge >= 0.3 is 0 Å². The molecule has 0 atom stereocenters. The lowest BCUT2D eigenvalue weighted by Gasteiger charge is -2.19. The number of nitrogens with one attached hydrogen (secondary N) is 2. The molecule has 9 nitrogen and oxygen atoms in total. The van der Waals surface area contributed by atoms with Crippen molar-refractivity contribution < 1.29 is 14.3 Å². The van der Waals surface area contributed by atoms with Crippen molar-refractivity contribution in [1.82, 2.24) is 14.5 Å². The van der Waals surface area contributed by atoms with Crippen LogP contribution in [0.5, 0.6) is 11.6 Å². The number of anilines is 2. The number of hydrogen-bond acceptors (Lipinski definition) is 7. The number of methoxy groups -OCH3 is 1. The Hall–Kier alpha value is -4.66. The molecule has 0 bridgehead atoms. The maximum atomic E-state index is 13.5. The topological polar surface area (TPSA) is 107 Å². The summed E-state index contributed by atoms with van der Waals surface area (Å²) in [7, 11) is 1.54. The fourth-order valence-corrected chi connectivity index (χ4v) is 3.98. The summed E-state index contributed by atoms with van der Waals surface area (Å²) in [6.45, 7) is 6.29. The highest BCUT2D eigenvalue weighted by atomic mass is 16.5. The highest BCUT2D eigenvalue weighted by Crippen LogP contribution is 2.22. The molecule has 0 fully saturated rings. The average molecular weight is 514 g/mol. The standard InChI is InChI=1S/C29H31N5O4/c1-19(2)38-23-13-11-21(12-14-23)17-31-24-16-27(35)34(18-22-8-7-10-26(32-22)37-4)20(3)28(24)29(36)33-25-9-5-6-15-30-25/h5-16,19,31H,17-18H2,1-4H3,(H,30,33,36). The predicted molar refractivity (Wildman–Crippen MR) is 147 cm³/mol. The van der Waals surface area contributed by atoms with Gasteiger partial charge in [0.1, 0.15) is 11.6 Å². The van der Waals surface area contributed by atoms with Gasteiger partial charge in [-0.25, -0.2) is 9.97 Å². The molecule has 0 aliphatic heterocycles. The molecule has 0 unspecified atom stereocenters. The normalized spacial score (nSPS) is 10.8. The van der Waals surface area contributed by atoms with Gasteiger partial charge in [-0.2, -0.15) is 0 Å². The molecule has 0 radical (unpaired) electrons. The highest BCUT2D eigenvalue weighted by molar-refractivity contribution is 6.08. The number of pyridine rings is 3. The predicted octanol–water partition coefficient (Wildman–Crippen LogP) is 4.66. The van der Waals surface area contributed by atoms with E-state index in [0.717, 1.165) is 11.3 Å². The molecule has 196 valence electrons. The zero-order valence-corrected chi connectivity index (χ0v) is 21.9. The van der Waals surface area contributed by atoms with Crippen molar-refractivity contribution in [2.45, 2.75) is 40.0 Å². The second kappa shape index (κ2) is 12.1. The van der Waals surface area contributed by atoms with Crippen molar-refractivity contribution in [3.63, 3.8) is 0 Å². The van der Waals surface area contributed by atoms with Crippen molar-refractivity contribution >= 4 is 17.4 Å². The van der Waals surface area contributed by atoms with Gasteiger partial charge in [-0.15, -0.1) is 0 Å². The molecule has 4 rings (SSSR count). The molecule has 9 heteroatoms. The summed E-state index contributed by atoms with van der Waals surface area (Å²) in [6.07, 6.45) is 1.68. The molecule has 1 amide bonds. The van der Waals surface area contributed by atoms with Crippen LogP contribution in [0.25, 0.3) is 0 Å². The Morgan fingerprint density at radius 2 is 1.84 bits per heavy atom. The summed E-state index contributed by atoms with van der Waals surface area (Å²) < 4.78 is 12.5. The molecule has 2 N–H and O–H groups in total. The third kappa shape index (κ3) is 6.56. The monoisotopic (exact) mass is 513 g/mol. The average Bonchev–Trinajstić information content (AvgIpc) is 2.91. The van der Waals surface area contributed by atoms with Crippen LogP contribution in [0.1, 0.15) is 41.2 Å². The lowest BCUT2D eigenvalue weighted by molar-refractivity contribution is 0.102. The molecule has 0 aliphatic rings. The third-order valence-corrected chi connectivity index (χ3v) is 5.79. The molecule has 0 spiro atoms. The van der Waals surface area contributed by atoms with Gasteiger partial charge in [-0.3, -0.25) is 9.59 Å². The van der Waals surface area contributed by atoms with Gasteiger partial charge < -0.3 is 24.7 Å². The lowest BCUT2D eigenvalue weighted by Crippen LogP contribution is -2.28. The third-order valence-electron chi connectivity index (χ3n) is 5.79. The first kappa shape index (κ1) is 26.4. The van der Waals surface area contributed by atoms with E-state index in [1.807, 2.05) is 44.2 Å². The van der Waals surface area contributed by atoms with E-state index >= 15 is 0 Å². The van der Waals surface area contributed by atoms with E-state index in [9.17, 15) is 9.59 Å². The molecule has 38 heavy (non-hydrogen) atoms. The second-order valence-electron chi connectivity index (χ2n) is 8.95. The van der Waals surface area contributed by atoms with Crippen molar-refractivity contribution in [1.29, 1.82) is 0 Å². The van der Waals surface area contributed by atoms with E-state index in [4.69, 9.17) is 9.47 Å². The van der Waals surface area contributed by atoms with E-state index in [2.05, 4.69) is 20.6 Å². The minimum Gasteiger partial charge on any atom is -0.491 e. The van der Waals surface area contributed by atoms with Crippen molar-refractivity contribution in [3.8, 4) is 11.6 Å². The molecule has 0 aliphatic carbocycles. The summed E-state index contributed by atoms with van der Waals surface area (Å²) in [5.74, 6) is 1.26. The summed E-state index contributed by atoms with van der Waals surface area (Å²) in [5, 5.41) is 6.11. The van der Waals surface area contributed by atoms with Crippen LogP contribution < -0.4 is 25.7 Å². The van der Waals surface area contributed by atoms with Crippen molar-refractivity contribution in [2.75, 3.05) is 17.7 Å². The number of rotatable bonds is 10. The lowest BCUT2D eigenvalue weighted by atomic mass is 10.1. The number of nitrogens with zero attached hydrogens (tertiary/aromatic N) is 3. The Morgan fingerprint density at radius 3 is 2.53 bits per heavy atom. The van der Waals surface area contributed by atoms with Crippen LogP contribution in [0, 0.1) is 6.92 Å². The zero-order chi connectivity index (χ0) is 27.1. The van der Waals surface area contributed by atoms with Crippen LogP contribution in [0.15, 0.2) is 77.7 Å². The molecule has 3 aromatic heterocycles. The van der Waals surface area contributed by atoms with E-state index in [0.29, 0.717) is 40.9 Å². The number of carbonyl (C=O) groups excluding carboxylic acids is 1.